The molecule has 1 aromatic heterocycles. The summed E-state index contributed by atoms with van der Waals surface area (Å²) in [6, 6.07) is 10.3. The Morgan fingerprint density at radius 3 is 2.79 bits per heavy atom. The number of nitrogens with zero attached hydrogens (tertiary/aromatic N) is 1. The van der Waals surface area contributed by atoms with E-state index in [-0.39, 0.29) is 12.5 Å². The third kappa shape index (κ3) is 4.05. The summed E-state index contributed by atoms with van der Waals surface area (Å²) in [6.07, 6.45) is 5.02. The van der Waals surface area contributed by atoms with Crippen molar-refractivity contribution >= 4 is 11.6 Å². The van der Waals surface area contributed by atoms with E-state index < -0.39 is 0 Å². The van der Waals surface area contributed by atoms with Crippen LogP contribution in [0.3, 0.4) is 0 Å². The molecule has 0 aliphatic heterocycles. The number of aromatic nitrogens is 1. The van der Waals surface area contributed by atoms with Crippen molar-refractivity contribution in [1.82, 2.24) is 4.98 Å². The van der Waals surface area contributed by atoms with E-state index in [2.05, 4.69) is 36.2 Å². The lowest BCUT2D eigenvalue weighted by Gasteiger charge is -2.15. The molecule has 1 unspecified atom stereocenters. The second-order valence-electron chi connectivity index (χ2n) is 4.91. The van der Waals surface area contributed by atoms with Gasteiger partial charge < -0.3 is 5.11 Å². The van der Waals surface area contributed by atoms with E-state index in [1.807, 2.05) is 6.07 Å². The van der Waals surface area contributed by atoms with Gasteiger partial charge in [0.2, 0.25) is 0 Å². The quantitative estimate of drug-likeness (QED) is 0.907. The summed E-state index contributed by atoms with van der Waals surface area (Å²) in [6.45, 7) is 2.24. The number of aliphatic hydroxyl groups excluding tert-OH is 1. The van der Waals surface area contributed by atoms with E-state index in [1.54, 1.807) is 12.4 Å². The summed E-state index contributed by atoms with van der Waals surface area (Å²) in [5.74, 6) is 0.182. The third-order valence-corrected chi connectivity index (χ3v) is 3.57. The molecule has 0 bridgehead atoms. The highest BCUT2D eigenvalue weighted by molar-refractivity contribution is 6.31. The van der Waals surface area contributed by atoms with Crippen LogP contribution in [0.25, 0.3) is 0 Å². The molecular formula is C16H18ClNO. The van der Waals surface area contributed by atoms with Crippen LogP contribution < -0.4 is 0 Å². The molecule has 0 spiro atoms. The molecule has 3 heteroatoms. The maximum atomic E-state index is 9.55. The van der Waals surface area contributed by atoms with Crippen molar-refractivity contribution < 1.29 is 5.11 Å². The zero-order valence-electron chi connectivity index (χ0n) is 11.0. The van der Waals surface area contributed by atoms with Gasteiger partial charge in [0, 0.05) is 19.0 Å². The van der Waals surface area contributed by atoms with Crippen LogP contribution in [0.2, 0.25) is 5.02 Å². The summed E-state index contributed by atoms with van der Waals surface area (Å²) in [5.41, 5.74) is 3.55. The summed E-state index contributed by atoms with van der Waals surface area (Å²) in [4.78, 5) is 3.98. The monoisotopic (exact) mass is 275 g/mol. The topological polar surface area (TPSA) is 33.1 Å². The first-order valence-electron chi connectivity index (χ1n) is 6.44. The molecule has 2 nitrogen and oxygen atoms in total. The fourth-order valence-electron chi connectivity index (χ4n) is 2.25. The molecule has 1 atom stereocenters. The van der Waals surface area contributed by atoms with Gasteiger partial charge in [-0.3, -0.25) is 4.98 Å². The van der Waals surface area contributed by atoms with Crippen LogP contribution in [-0.4, -0.2) is 16.7 Å². The van der Waals surface area contributed by atoms with E-state index in [0.29, 0.717) is 5.02 Å². The summed E-state index contributed by atoms with van der Waals surface area (Å²) in [5, 5.41) is 10.2. The second-order valence-corrected chi connectivity index (χ2v) is 5.32. The predicted molar refractivity (Wildman–Crippen MR) is 78.4 cm³/mol. The average Bonchev–Trinajstić information content (AvgIpc) is 2.40. The first kappa shape index (κ1) is 14.0. The molecule has 0 saturated heterocycles. The van der Waals surface area contributed by atoms with Crippen LogP contribution in [0.15, 0.2) is 42.7 Å². The molecule has 0 radical (unpaired) electrons. The molecule has 0 aliphatic rings. The number of hydrogen-bond donors (Lipinski definition) is 1. The van der Waals surface area contributed by atoms with E-state index in [1.165, 1.54) is 11.1 Å². The van der Waals surface area contributed by atoms with Crippen LogP contribution in [0.1, 0.15) is 16.7 Å². The minimum atomic E-state index is 0.159. The Labute approximate surface area is 119 Å². The van der Waals surface area contributed by atoms with Gasteiger partial charge in [-0.2, -0.15) is 0 Å². The Balaban J connectivity index is 2.07. The summed E-state index contributed by atoms with van der Waals surface area (Å²) >= 11 is 6.11. The minimum absolute atomic E-state index is 0.159. The molecule has 0 amide bonds. The highest BCUT2D eigenvalue weighted by Crippen LogP contribution is 2.20. The number of pyridine rings is 1. The number of benzene rings is 1. The molecule has 100 valence electrons. The Morgan fingerprint density at radius 2 is 2.11 bits per heavy atom. The average molecular weight is 276 g/mol. The number of halogens is 1. The molecular weight excluding hydrogens is 258 g/mol. The fraction of sp³-hybridized carbons (Fsp3) is 0.312. The Kier molecular flexibility index (Phi) is 4.94. The van der Waals surface area contributed by atoms with Crippen molar-refractivity contribution in [3.8, 4) is 0 Å². The van der Waals surface area contributed by atoms with E-state index in [9.17, 15) is 5.11 Å². The molecule has 2 aromatic rings. The van der Waals surface area contributed by atoms with Gasteiger partial charge in [-0.15, -0.1) is 0 Å². The SMILES string of the molecule is Cc1cccc(CC(CO)Cc2ccncc2Cl)c1. The van der Waals surface area contributed by atoms with Gasteiger partial charge >= 0.3 is 0 Å². The molecule has 19 heavy (non-hydrogen) atoms. The van der Waals surface area contributed by atoms with Gasteiger partial charge in [-0.25, -0.2) is 0 Å². The van der Waals surface area contributed by atoms with Crippen LogP contribution in [0.4, 0.5) is 0 Å². The zero-order valence-corrected chi connectivity index (χ0v) is 11.8. The Hall–Kier alpha value is -1.38. The van der Waals surface area contributed by atoms with E-state index in [4.69, 9.17) is 11.6 Å². The van der Waals surface area contributed by atoms with Gasteiger partial charge in [0.15, 0.2) is 0 Å². The van der Waals surface area contributed by atoms with E-state index >= 15 is 0 Å². The number of aryl methyl sites for hydroxylation is 1. The van der Waals surface area contributed by atoms with Crippen molar-refractivity contribution in [3.63, 3.8) is 0 Å². The molecule has 2 rings (SSSR count). The van der Waals surface area contributed by atoms with Gasteiger partial charge in [-0.05, 0) is 42.9 Å². The Bertz CT molecular complexity index is 542. The Morgan fingerprint density at radius 1 is 1.26 bits per heavy atom. The molecule has 0 fully saturated rings. The number of hydrogen-bond acceptors (Lipinski definition) is 2. The normalized spacial score (nSPS) is 12.4. The van der Waals surface area contributed by atoms with Crippen LogP contribution in [0.5, 0.6) is 0 Å². The maximum Gasteiger partial charge on any atom is 0.0621 e. The standard InChI is InChI=1S/C16H18ClNO/c1-12-3-2-4-13(7-12)8-14(11-19)9-15-5-6-18-10-16(15)17/h2-7,10,14,19H,8-9,11H2,1H3. The summed E-state index contributed by atoms with van der Waals surface area (Å²) < 4.78 is 0. The van der Waals surface area contributed by atoms with Crippen LogP contribution in [-0.2, 0) is 12.8 Å². The van der Waals surface area contributed by atoms with Gasteiger partial charge in [0.05, 0.1) is 5.02 Å². The van der Waals surface area contributed by atoms with Crippen molar-refractivity contribution in [3.05, 3.63) is 64.4 Å². The highest BCUT2D eigenvalue weighted by atomic mass is 35.5. The maximum absolute atomic E-state index is 9.55. The lowest BCUT2D eigenvalue weighted by Crippen LogP contribution is -2.13. The smallest absolute Gasteiger partial charge is 0.0621 e. The van der Waals surface area contributed by atoms with E-state index in [0.717, 1.165) is 18.4 Å². The van der Waals surface area contributed by atoms with Crippen LogP contribution in [0, 0.1) is 12.8 Å². The molecule has 1 heterocycles. The second kappa shape index (κ2) is 6.69. The first-order chi connectivity index (χ1) is 9.19. The third-order valence-electron chi connectivity index (χ3n) is 3.23. The molecule has 0 saturated carbocycles. The van der Waals surface area contributed by atoms with Crippen LogP contribution >= 0.6 is 11.6 Å². The predicted octanol–water partition coefficient (Wildman–Crippen LogP) is 3.44. The van der Waals surface area contributed by atoms with Gasteiger partial charge in [-0.1, -0.05) is 41.4 Å². The highest BCUT2D eigenvalue weighted by Gasteiger charge is 2.12. The zero-order chi connectivity index (χ0) is 13.7. The molecule has 1 N–H and O–H groups in total. The lowest BCUT2D eigenvalue weighted by molar-refractivity contribution is 0.225. The minimum Gasteiger partial charge on any atom is -0.396 e. The first-order valence-corrected chi connectivity index (χ1v) is 6.81. The number of aliphatic hydroxyl groups is 1. The largest absolute Gasteiger partial charge is 0.396 e. The fourth-order valence-corrected chi connectivity index (χ4v) is 2.45. The van der Waals surface area contributed by atoms with Gasteiger partial charge in [0.1, 0.15) is 0 Å². The summed E-state index contributed by atoms with van der Waals surface area (Å²) in [7, 11) is 0. The van der Waals surface area contributed by atoms with Gasteiger partial charge in [0.25, 0.3) is 0 Å². The van der Waals surface area contributed by atoms with Crippen molar-refractivity contribution in [2.24, 2.45) is 5.92 Å². The van der Waals surface area contributed by atoms with Crippen molar-refractivity contribution in [1.29, 1.82) is 0 Å². The molecule has 1 aromatic carbocycles. The van der Waals surface area contributed by atoms with Crippen molar-refractivity contribution in [2.45, 2.75) is 19.8 Å². The van der Waals surface area contributed by atoms with Crippen molar-refractivity contribution in [2.75, 3.05) is 6.61 Å². The number of rotatable bonds is 5. The molecule has 0 aliphatic carbocycles. The lowest BCUT2D eigenvalue weighted by atomic mass is 9.93.